The number of aliphatic hydroxyl groups excluding tert-OH is 1. The number of rotatable bonds is 7. The first-order valence-electron chi connectivity index (χ1n) is 12.4. The molecule has 1 saturated heterocycles. The molecule has 1 aliphatic carbocycles. The van der Waals surface area contributed by atoms with Crippen LogP contribution in [-0.4, -0.2) is 51.3 Å². The lowest BCUT2D eigenvalue weighted by Gasteiger charge is -2.33. The minimum atomic E-state index is -2.81. The number of alkyl halides is 2. The summed E-state index contributed by atoms with van der Waals surface area (Å²) < 4.78 is 41.9. The third-order valence-electron chi connectivity index (χ3n) is 7.04. The Labute approximate surface area is 211 Å². The molecule has 9 heteroatoms. The second kappa shape index (κ2) is 10.5. The summed E-state index contributed by atoms with van der Waals surface area (Å²) in [6.45, 7) is 0.502. The fourth-order valence-corrected chi connectivity index (χ4v) is 5.25. The van der Waals surface area contributed by atoms with E-state index in [1.165, 1.54) is 35.4 Å². The van der Waals surface area contributed by atoms with Crippen LogP contribution in [0.5, 0.6) is 0 Å². The predicted molar refractivity (Wildman–Crippen MR) is 136 cm³/mol. The van der Waals surface area contributed by atoms with Crippen molar-refractivity contribution in [1.29, 1.82) is 0 Å². The van der Waals surface area contributed by atoms with Gasteiger partial charge in [-0.2, -0.15) is 0 Å². The van der Waals surface area contributed by atoms with Crippen LogP contribution in [0.3, 0.4) is 0 Å². The summed E-state index contributed by atoms with van der Waals surface area (Å²) in [5.41, 5.74) is 2.35. The fraction of sp³-hybridized carbons (Fsp3) is 0.357. The minimum absolute atomic E-state index is 0.0781. The van der Waals surface area contributed by atoms with Crippen molar-refractivity contribution in [3.05, 3.63) is 92.4 Å². The third kappa shape index (κ3) is 5.33. The second-order valence-electron chi connectivity index (χ2n) is 9.61. The molecule has 1 N–H and O–H groups in total. The van der Waals surface area contributed by atoms with Crippen LogP contribution in [0.25, 0.3) is 22.0 Å². The molecule has 194 valence electrons. The van der Waals surface area contributed by atoms with Crippen LogP contribution in [0.4, 0.5) is 13.2 Å². The number of nitrogens with zero attached hydrogens (tertiary/aromatic N) is 3. The van der Waals surface area contributed by atoms with Crippen LogP contribution in [0.2, 0.25) is 0 Å². The molecule has 0 amide bonds. The molecule has 5 rings (SSSR count). The molecule has 3 aromatic rings. The van der Waals surface area contributed by atoms with Crippen molar-refractivity contribution in [2.24, 2.45) is 0 Å². The van der Waals surface area contributed by atoms with Gasteiger partial charge in [0, 0.05) is 19.6 Å². The van der Waals surface area contributed by atoms with Gasteiger partial charge in [-0.1, -0.05) is 30.4 Å². The van der Waals surface area contributed by atoms with Crippen molar-refractivity contribution < 1.29 is 18.3 Å². The first-order chi connectivity index (χ1) is 17.8. The second-order valence-corrected chi connectivity index (χ2v) is 9.61. The molecule has 2 heterocycles. The van der Waals surface area contributed by atoms with E-state index in [1.54, 1.807) is 18.2 Å². The van der Waals surface area contributed by atoms with Gasteiger partial charge in [-0.25, -0.2) is 18.0 Å². The number of allylic oxidation sites excluding steroid dienone is 2. The van der Waals surface area contributed by atoms with Crippen molar-refractivity contribution in [1.82, 2.24) is 14.0 Å². The Morgan fingerprint density at radius 3 is 2.30 bits per heavy atom. The average Bonchev–Trinajstić information content (AvgIpc) is 2.89. The Hall–Kier alpha value is -3.43. The van der Waals surface area contributed by atoms with E-state index >= 15 is 0 Å². The van der Waals surface area contributed by atoms with Crippen LogP contribution in [0, 0.1) is 5.82 Å². The summed E-state index contributed by atoms with van der Waals surface area (Å²) in [5, 5.41) is 10.9. The summed E-state index contributed by atoms with van der Waals surface area (Å²) in [5.74, 6) is -0.410. The summed E-state index contributed by atoms with van der Waals surface area (Å²) in [6, 6.07) is 10.3. The maximum Gasteiger partial charge on any atom is 0.331 e. The molecule has 0 spiro atoms. The van der Waals surface area contributed by atoms with Crippen molar-refractivity contribution in [2.45, 2.75) is 44.9 Å². The highest BCUT2D eigenvalue weighted by Gasteiger charge is 2.24. The van der Waals surface area contributed by atoms with E-state index < -0.39 is 36.1 Å². The molecule has 0 radical (unpaired) electrons. The fourth-order valence-electron chi connectivity index (χ4n) is 5.25. The molecular weight excluding hydrogens is 483 g/mol. The van der Waals surface area contributed by atoms with Crippen molar-refractivity contribution in [3.63, 3.8) is 0 Å². The quantitative estimate of drug-likeness (QED) is 0.522. The number of hydrogen-bond acceptors (Lipinski definition) is 4. The number of aliphatic hydroxyl groups is 1. The van der Waals surface area contributed by atoms with E-state index in [0.717, 1.165) is 34.9 Å². The largest absolute Gasteiger partial charge is 0.390 e. The highest BCUT2D eigenvalue weighted by atomic mass is 19.3. The summed E-state index contributed by atoms with van der Waals surface area (Å²) in [7, 11) is 0. The van der Waals surface area contributed by atoms with Gasteiger partial charge >= 0.3 is 5.69 Å². The van der Waals surface area contributed by atoms with Crippen LogP contribution < -0.4 is 11.2 Å². The van der Waals surface area contributed by atoms with E-state index in [4.69, 9.17) is 0 Å². The third-order valence-corrected chi connectivity index (χ3v) is 7.04. The Bertz CT molecular complexity index is 1490. The lowest BCUT2D eigenvalue weighted by atomic mass is 9.91. The van der Waals surface area contributed by atoms with Gasteiger partial charge in [0.25, 0.3) is 12.0 Å². The lowest BCUT2D eigenvalue weighted by molar-refractivity contribution is 0.0962. The number of fused-ring (bicyclic) bond motifs is 2. The zero-order valence-electron chi connectivity index (χ0n) is 20.2. The standard InChI is InChI=1S/C28H28F3N3O3/c29-22-8-5-19(6-9-22)20-7-10-25-24(13-20)27(36)34(28(37)33(25)17-26(30)31)16-23(35)15-32-12-11-18-3-1-2-4-21(18)14-32/h3-10,13,23,26,35H,1-2,11-12,14-17H2. The molecule has 2 aromatic carbocycles. The van der Waals surface area contributed by atoms with Crippen LogP contribution in [-0.2, 0) is 13.1 Å². The Balaban J connectivity index is 1.47. The number of benzene rings is 2. The van der Waals surface area contributed by atoms with Gasteiger partial charge in [0.05, 0.1) is 30.1 Å². The van der Waals surface area contributed by atoms with E-state index in [0.29, 0.717) is 17.7 Å². The van der Waals surface area contributed by atoms with Gasteiger partial charge in [0.1, 0.15) is 5.82 Å². The molecule has 1 atom stereocenters. The molecule has 6 nitrogen and oxygen atoms in total. The number of hydrogen-bond donors (Lipinski definition) is 1. The monoisotopic (exact) mass is 511 g/mol. The molecule has 0 bridgehead atoms. The number of aromatic nitrogens is 2. The highest BCUT2D eigenvalue weighted by molar-refractivity contribution is 5.84. The summed E-state index contributed by atoms with van der Waals surface area (Å²) in [4.78, 5) is 28.6. The molecule has 1 fully saturated rings. The predicted octanol–water partition coefficient (Wildman–Crippen LogP) is 3.95. The van der Waals surface area contributed by atoms with E-state index in [-0.39, 0.29) is 24.0 Å². The normalized spacial score (nSPS) is 17.0. The molecule has 37 heavy (non-hydrogen) atoms. The smallest absolute Gasteiger partial charge is 0.331 e. The van der Waals surface area contributed by atoms with Gasteiger partial charge < -0.3 is 5.11 Å². The number of piperidine rings is 1. The summed E-state index contributed by atoms with van der Waals surface area (Å²) >= 11 is 0. The van der Waals surface area contributed by atoms with Gasteiger partial charge in [-0.15, -0.1) is 0 Å². The minimum Gasteiger partial charge on any atom is -0.390 e. The Kier molecular flexibility index (Phi) is 7.17. The number of likely N-dealkylation sites (tertiary alicyclic amines) is 1. The van der Waals surface area contributed by atoms with E-state index in [9.17, 15) is 27.9 Å². The Morgan fingerprint density at radius 2 is 1.57 bits per heavy atom. The van der Waals surface area contributed by atoms with Gasteiger partial charge in [0.2, 0.25) is 0 Å². The highest BCUT2D eigenvalue weighted by Crippen LogP contribution is 2.27. The van der Waals surface area contributed by atoms with E-state index in [1.807, 2.05) is 0 Å². The van der Waals surface area contributed by atoms with Gasteiger partial charge in [-0.05, 0) is 65.8 Å². The van der Waals surface area contributed by atoms with Crippen molar-refractivity contribution >= 4 is 10.9 Å². The molecule has 1 aliphatic heterocycles. The van der Waals surface area contributed by atoms with Crippen LogP contribution in [0.1, 0.15) is 19.3 Å². The maximum atomic E-state index is 13.4. The SMILES string of the molecule is O=c1c2cc(-c3ccc(F)cc3)ccc2n(CC(F)F)c(=O)n1CC(O)CN1CCC2=CCCC=C2C1. The lowest BCUT2D eigenvalue weighted by Crippen LogP contribution is -2.46. The maximum absolute atomic E-state index is 13.4. The van der Waals surface area contributed by atoms with Crippen LogP contribution in [0.15, 0.2) is 75.4 Å². The molecule has 2 aliphatic rings. The Morgan fingerprint density at radius 1 is 0.865 bits per heavy atom. The molecule has 1 aromatic heterocycles. The summed E-state index contributed by atoms with van der Waals surface area (Å²) in [6.07, 6.45) is 3.52. The zero-order valence-corrected chi connectivity index (χ0v) is 20.2. The van der Waals surface area contributed by atoms with Gasteiger partial charge in [0.15, 0.2) is 0 Å². The topological polar surface area (TPSA) is 67.5 Å². The average molecular weight is 512 g/mol. The molecular formula is C28H28F3N3O3. The van der Waals surface area contributed by atoms with Crippen LogP contribution >= 0.6 is 0 Å². The first-order valence-corrected chi connectivity index (χ1v) is 12.4. The van der Waals surface area contributed by atoms with Gasteiger partial charge in [-0.3, -0.25) is 18.8 Å². The molecule has 0 saturated carbocycles. The zero-order chi connectivity index (χ0) is 26.1. The van der Waals surface area contributed by atoms with Crippen molar-refractivity contribution in [3.8, 4) is 11.1 Å². The molecule has 1 unspecified atom stereocenters. The van der Waals surface area contributed by atoms with E-state index in [2.05, 4.69) is 17.1 Å². The first kappa shape index (κ1) is 25.2. The number of halogens is 3. The van der Waals surface area contributed by atoms with Crippen molar-refractivity contribution in [2.75, 3.05) is 19.6 Å². The number of β-amino-alcohol motifs (C(OH)–C–C–N with tert-alkyl or cyclic N) is 1.